The van der Waals surface area contributed by atoms with Crippen LogP contribution in [0.2, 0.25) is 0 Å². The van der Waals surface area contributed by atoms with E-state index in [4.69, 9.17) is 5.11 Å². The minimum absolute atomic E-state index is 0.700. The molecule has 0 aromatic carbocycles. The van der Waals surface area contributed by atoms with Gasteiger partial charge in [0.2, 0.25) is 5.95 Å². The molecule has 2 rings (SSSR count). The molecule has 5 nitrogen and oxygen atoms in total. The second kappa shape index (κ2) is 6.31. The van der Waals surface area contributed by atoms with Crippen molar-refractivity contribution in [2.45, 2.75) is 26.2 Å². The van der Waals surface area contributed by atoms with Gasteiger partial charge >= 0.3 is 5.97 Å². The average molecular weight is 261 g/mol. The topological polar surface area (TPSA) is 66.3 Å². The standard InChI is InChI=1S/C14H19N3O2/c1-2-17(10-11-4-3-5-11)14-15-8-12(9-16-14)6-7-13(18)19/h6-9,11H,2-5,10H2,1H3,(H,18,19)/b7-6+. The first-order chi connectivity index (χ1) is 9.19. The first-order valence-electron chi connectivity index (χ1n) is 6.67. The fourth-order valence-corrected chi connectivity index (χ4v) is 2.09. The molecule has 0 aliphatic heterocycles. The monoisotopic (exact) mass is 261 g/mol. The molecule has 1 aromatic heterocycles. The number of anilines is 1. The Kier molecular flexibility index (Phi) is 4.49. The Labute approximate surface area is 113 Å². The molecule has 1 heterocycles. The van der Waals surface area contributed by atoms with Crippen molar-refractivity contribution in [3.8, 4) is 0 Å². The smallest absolute Gasteiger partial charge is 0.328 e. The van der Waals surface area contributed by atoms with Crippen molar-refractivity contribution in [3.05, 3.63) is 24.0 Å². The number of carboxylic acids is 1. The summed E-state index contributed by atoms with van der Waals surface area (Å²) in [6.45, 7) is 4.00. The van der Waals surface area contributed by atoms with Gasteiger partial charge in [-0.15, -0.1) is 0 Å². The van der Waals surface area contributed by atoms with E-state index in [9.17, 15) is 4.79 Å². The molecule has 0 spiro atoms. The average Bonchev–Trinajstić information content (AvgIpc) is 2.36. The highest BCUT2D eigenvalue weighted by molar-refractivity contribution is 5.85. The Morgan fingerprint density at radius 3 is 2.63 bits per heavy atom. The maximum Gasteiger partial charge on any atom is 0.328 e. The van der Waals surface area contributed by atoms with Crippen LogP contribution in [0.5, 0.6) is 0 Å². The Bertz CT molecular complexity index is 452. The Morgan fingerprint density at radius 2 is 2.16 bits per heavy atom. The zero-order valence-electron chi connectivity index (χ0n) is 11.1. The van der Waals surface area contributed by atoms with Gasteiger partial charge in [-0.1, -0.05) is 6.42 Å². The van der Waals surface area contributed by atoms with E-state index < -0.39 is 5.97 Å². The third-order valence-corrected chi connectivity index (χ3v) is 3.44. The normalized spacial score (nSPS) is 15.4. The van der Waals surface area contributed by atoms with Crippen molar-refractivity contribution < 1.29 is 9.90 Å². The van der Waals surface area contributed by atoms with E-state index >= 15 is 0 Å². The molecule has 1 aliphatic carbocycles. The predicted octanol–water partition coefficient (Wildman–Crippen LogP) is 2.20. The second-order valence-electron chi connectivity index (χ2n) is 4.82. The lowest BCUT2D eigenvalue weighted by atomic mass is 9.85. The van der Waals surface area contributed by atoms with Gasteiger partial charge in [0.05, 0.1) is 0 Å². The summed E-state index contributed by atoms with van der Waals surface area (Å²) in [6.07, 6.45) is 9.84. The summed E-state index contributed by atoms with van der Waals surface area (Å²) in [4.78, 5) is 21.2. The maximum absolute atomic E-state index is 10.4. The number of carbonyl (C=O) groups is 1. The van der Waals surface area contributed by atoms with Gasteiger partial charge in [-0.2, -0.15) is 0 Å². The molecule has 0 saturated heterocycles. The number of carboxylic acid groups (broad SMARTS) is 1. The number of aromatic nitrogens is 2. The highest BCUT2D eigenvalue weighted by Gasteiger charge is 2.21. The van der Waals surface area contributed by atoms with E-state index in [1.165, 1.54) is 25.3 Å². The van der Waals surface area contributed by atoms with Crippen molar-refractivity contribution in [2.24, 2.45) is 5.92 Å². The van der Waals surface area contributed by atoms with Gasteiger partial charge in [-0.05, 0) is 31.8 Å². The second-order valence-corrected chi connectivity index (χ2v) is 4.82. The molecule has 0 radical (unpaired) electrons. The van der Waals surface area contributed by atoms with Gasteiger partial charge < -0.3 is 10.0 Å². The maximum atomic E-state index is 10.4. The van der Waals surface area contributed by atoms with Crippen LogP contribution in [0.4, 0.5) is 5.95 Å². The van der Waals surface area contributed by atoms with Crippen molar-refractivity contribution in [2.75, 3.05) is 18.0 Å². The fraction of sp³-hybridized carbons (Fsp3) is 0.500. The lowest BCUT2D eigenvalue weighted by Gasteiger charge is -2.31. The molecule has 19 heavy (non-hydrogen) atoms. The molecular weight excluding hydrogens is 242 g/mol. The molecule has 1 fully saturated rings. The summed E-state index contributed by atoms with van der Waals surface area (Å²) in [5.74, 6) is 0.529. The van der Waals surface area contributed by atoms with Crippen LogP contribution in [-0.2, 0) is 4.79 Å². The Balaban J connectivity index is 2.00. The molecule has 5 heteroatoms. The van der Waals surface area contributed by atoms with Crippen LogP contribution >= 0.6 is 0 Å². The first-order valence-corrected chi connectivity index (χ1v) is 6.67. The van der Waals surface area contributed by atoms with Gasteiger partial charge in [0.25, 0.3) is 0 Å². The van der Waals surface area contributed by atoms with Gasteiger partial charge in [0.1, 0.15) is 0 Å². The molecule has 1 aromatic rings. The zero-order chi connectivity index (χ0) is 13.7. The molecular formula is C14H19N3O2. The van der Waals surface area contributed by atoms with Crippen LogP contribution in [0, 0.1) is 5.92 Å². The molecule has 102 valence electrons. The minimum Gasteiger partial charge on any atom is -0.478 e. The summed E-state index contributed by atoms with van der Waals surface area (Å²) in [7, 11) is 0. The molecule has 1 aliphatic rings. The first kappa shape index (κ1) is 13.5. The van der Waals surface area contributed by atoms with E-state index in [1.54, 1.807) is 12.4 Å². The summed E-state index contributed by atoms with van der Waals surface area (Å²) in [5, 5.41) is 8.55. The lowest BCUT2D eigenvalue weighted by molar-refractivity contribution is -0.131. The molecule has 0 atom stereocenters. The summed E-state index contributed by atoms with van der Waals surface area (Å²) in [5.41, 5.74) is 0.700. The molecule has 0 amide bonds. The van der Waals surface area contributed by atoms with Crippen LogP contribution in [0.3, 0.4) is 0 Å². The fourth-order valence-electron chi connectivity index (χ4n) is 2.09. The Hall–Kier alpha value is -1.91. The number of rotatable bonds is 6. The van der Waals surface area contributed by atoms with Crippen LogP contribution in [0.25, 0.3) is 6.08 Å². The summed E-state index contributed by atoms with van der Waals surface area (Å²) >= 11 is 0. The highest BCUT2D eigenvalue weighted by Crippen LogP contribution is 2.27. The Morgan fingerprint density at radius 1 is 1.47 bits per heavy atom. The third-order valence-electron chi connectivity index (χ3n) is 3.44. The number of hydrogen-bond donors (Lipinski definition) is 1. The molecule has 1 saturated carbocycles. The zero-order valence-corrected chi connectivity index (χ0v) is 11.1. The summed E-state index contributed by atoms with van der Waals surface area (Å²) in [6, 6.07) is 0. The van der Waals surface area contributed by atoms with Crippen LogP contribution < -0.4 is 4.90 Å². The SMILES string of the molecule is CCN(CC1CCC1)c1ncc(/C=C/C(=O)O)cn1. The minimum atomic E-state index is -0.968. The molecule has 0 bridgehead atoms. The van der Waals surface area contributed by atoms with Gasteiger partial charge in [0.15, 0.2) is 0 Å². The quantitative estimate of drug-likeness (QED) is 0.795. The molecule has 1 N–H and O–H groups in total. The predicted molar refractivity (Wildman–Crippen MR) is 73.9 cm³/mol. The van der Waals surface area contributed by atoms with Crippen molar-refractivity contribution in [1.82, 2.24) is 9.97 Å². The van der Waals surface area contributed by atoms with E-state index in [0.29, 0.717) is 5.56 Å². The van der Waals surface area contributed by atoms with Crippen molar-refractivity contribution in [3.63, 3.8) is 0 Å². The van der Waals surface area contributed by atoms with Crippen LogP contribution in [-0.4, -0.2) is 34.1 Å². The summed E-state index contributed by atoms with van der Waals surface area (Å²) < 4.78 is 0. The van der Waals surface area contributed by atoms with Crippen LogP contribution in [0.1, 0.15) is 31.7 Å². The molecule has 0 unspecified atom stereocenters. The van der Waals surface area contributed by atoms with Crippen LogP contribution in [0.15, 0.2) is 18.5 Å². The lowest BCUT2D eigenvalue weighted by Crippen LogP contribution is -2.33. The van der Waals surface area contributed by atoms with Crippen molar-refractivity contribution in [1.29, 1.82) is 0 Å². The van der Waals surface area contributed by atoms with E-state index in [0.717, 1.165) is 31.0 Å². The largest absolute Gasteiger partial charge is 0.478 e. The highest BCUT2D eigenvalue weighted by atomic mass is 16.4. The van der Waals surface area contributed by atoms with E-state index in [-0.39, 0.29) is 0 Å². The van der Waals surface area contributed by atoms with Gasteiger partial charge in [-0.25, -0.2) is 14.8 Å². The number of nitrogens with zero attached hydrogens (tertiary/aromatic N) is 3. The number of aliphatic carboxylic acids is 1. The van der Waals surface area contributed by atoms with E-state index in [2.05, 4.69) is 21.8 Å². The van der Waals surface area contributed by atoms with Gasteiger partial charge in [0, 0.05) is 37.1 Å². The van der Waals surface area contributed by atoms with Crippen molar-refractivity contribution >= 4 is 18.0 Å². The van der Waals surface area contributed by atoms with Gasteiger partial charge in [-0.3, -0.25) is 0 Å². The third kappa shape index (κ3) is 3.77. The van der Waals surface area contributed by atoms with E-state index in [1.807, 2.05) is 0 Å². The number of hydrogen-bond acceptors (Lipinski definition) is 4.